The minimum absolute atomic E-state index is 0.260. The van der Waals surface area contributed by atoms with Gasteiger partial charge in [0.2, 0.25) is 6.79 Å². The van der Waals surface area contributed by atoms with Gasteiger partial charge in [0.15, 0.2) is 11.5 Å². The van der Waals surface area contributed by atoms with Crippen LogP contribution in [0.5, 0.6) is 11.5 Å². The molecule has 1 amide bonds. The second-order valence-electron chi connectivity index (χ2n) is 9.26. The molecule has 0 heterocycles. The van der Waals surface area contributed by atoms with E-state index in [0.717, 1.165) is 5.56 Å². The maximum Gasteiger partial charge on any atom is 0.478 e. The van der Waals surface area contributed by atoms with Gasteiger partial charge in [0.25, 0.3) is 5.91 Å². The number of hydrogen-bond donors (Lipinski definition) is 1. The van der Waals surface area contributed by atoms with Crippen LogP contribution >= 0.6 is 7.82 Å². The Morgan fingerprint density at radius 3 is 2.03 bits per heavy atom. The molecule has 0 radical (unpaired) electrons. The van der Waals surface area contributed by atoms with Crippen LogP contribution in [0.25, 0.3) is 0 Å². The smallest absolute Gasteiger partial charge is 0.478 e. The van der Waals surface area contributed by atoms with E-state index in [1.807, 2.05) is 30.3 Å². The molecule has 2 aromatic carbocycles. The van der Waals surface area contributed by atoms with Gasteiger partial charge in [-0.15, -0.1) is 0 Å². The van der Waals surface area contributed by atoms with Crippen LogP contribution in [0.4, 0.5) is 0 Å². The minimum Gasteiger partial charge on any atom is -0.485 e. The maximum atomic E-state index is 13.2. The molecule has 0 aliphatic carbocycles. The summed E-state index contributed by atoms with van der Waals surface area (Å²) in [5.74, 6) is 0.396. The van der Waals surface area contributed by atoms with Crippen LogP contribution in [0.1, 0.15) is 57.5 Å². The largest absolute Gasteiger partial charge is 0.485 e. The normalized spacial score (nSPS) is 12.3. The van der Waals surface area contributed by atoms with E-state index < -0.39 is 25.8 Å². The van der Waals surface area contributed by atoms with Crippen LogP contribution in [0.2, 0.25) is 0 Å². The zero-order chi connectivity index (χ0) is 24.7. The highest BCUT2D eigenvalue weighted by Gasteiger charge is 2.37. The number of hydrogen-bond acceptors (Lipinski definition) is 7. The molecule has 33 heavy (non-hydrogen) atoms. The Morgan fingerprint density at radius 2 is 1.48 bits per heavy atom. The molecule has 1 N–H and O–H groups in total. The molecule has 2 rings (SSSR count). The molecule has 0 aliphatic heterocycles. The summed E-state index contributed by atoms with van der Waals surface area (Å²) in [7, 11) is -2.39. The van der Waals surface area contributed by atoms with E-state index in [4.69, 9.17) is 23.0 Å². The van der Waals surface area contributed by atoms with Gasteiger partial charge in [-0.25, -0.2) is 9.09 Å². The second-order valence-corrected chi connectivity index (χ2v) is 10.8. The van der Waals surface area contributed by atoms with E-state index in [-0.39, 0.29) is 12.5 Å². The summed E-state index contributed by atoms with van der Waals surface area (Å²) < 4.78 is 41.4. The van der Waals surface area contributed by atoms with E-state index in [0.29, 0.717) is 17.1 Å². The van der Waals surface area contributed by atoms with Gasteiger partial charge in [-0.1, -0.05) is 30.3 Å². The van der Waals surface area contributed by atoms with Crippen molar-refractivity contribution in [2.75, 3.05) is 13.8 Å². The summed E-state index contributed by atoms with van der Waals surface area (Å²) in [5, 5.41) is 2.58. The molecule has 0 atom stereocenters. The van der Waals surface area contributed by atoms with Crippen LogP contribution in [0.3, 0.4) is 0 Å². The second kappa shape index (κ2) is 11.2. The molecule has 0 bridgehead atoms. The Hall–Kier alpha value is -2.38. The Bertz CT molecular complexity index is 945. The fraction of sp³-hybridized carbons (Fsp3) is 0.458. The highest BCUT2D eigenvalue weighted by atomic mass is 31.2. The minimum atomic E-state index is -3.94. The van der Waals surface area contributed by atoms with Crippen molar-refractivity contribution < 1.29 is 32.4 Å². The predicted octanol–water partition coefficient (Wildman–Crippen LogP) is 5.72. The molecule has 8 nitrogen and oxygen atoms in total. The molecule has 9 heteroatoms. The molecule has 2 aromatic rings. The average Bonchev–Trinajstić information content (AvgIpc) is 2.70. The number of carbonyl (C=O) groups is 1. The van der Waals surface area contributed by atoms with Gasteiger partial charge in [0.05, 0.1) is 11.2 Å². The Morgan fingerprint density at radius 1 is 0.879 bits per heavy atom. The summed E-state index contributed by atoms with van der Waals surface area (Å²) in [5.41, 5.74) is -0.168. The van der Waals surface area contributed by atoms with E-state index in [2.05, 4.69) is 5.32 Å². The van der Waals surface area contributed by atoms with Gasteiger partial charge >= 0.3 is 7.82 Å². The van der Waals surface area contributed by atoms with Crippen LogP contribution < -0.4 is 14.8 Å². The van der Waals surface area contributed by atoms with E-state index in [1.54, 1.807) is 66.8 Å². The first-order valence-corrected chi connectivity index (χ1v) is 12.1. The number of phosphoric ester groups is 1. The third-order valence-corrected chi connectivity index (χ3v) is 5.83. The van der Waals surface area contributed by atoms with E-state index in [9.17, 15) is 9.36 Å². The first kappa shape index (κ1) is 26.9. The number of ether oxygens (including phenoxy) is 2. The van der Waals surface area contributed by atoms with Crippen molar-refractivity contribution in [1.82, 2.24) is 5.32 Å². The average molecular weight is 480 g/mol. The summed E-state index contributed by atoms with van der Waals surface area (Å²) in [6.45, 7) is 10.4. The molecule has 0 unspecified atom stereocenters. The van der Waals surface area contributed by atoms with Crippen molar-refractivity contribution in [3.63, 3.8) is 0 Å². The lowest BCUT2D eigenvalue weighted by atomic mass is 10.2. The lowest BCUT2D eigenvalue weighted by molar-refractivity contribution is -0.0194. The monoisotopic (exact) mass is 479 g/mol. The molecule has 0 spiro atoms. The van der Waals surface area contributed by atoms with Crippen molar-refractivity contribution in [3.8, 4) is 11.5 Å². The van der Waals surface area contributed by atoms with Crippen LogP contribution in [0.15, 0.2) is 48.5 Å². The molecule has 0 saturated carbocycles. The summed E-state index contributed by atoms with van der Waals surface area (Å²) in [4.78, 5) is 12.1. The third-order valence-electron chi connectivity index (χ3n) is 3.87. The van der Waals surface area contributed by atoms with Crippen molar-refractivity contribution >= 4 is 13.7 Å². The fourth-order valence-electron chi connectivity index (χ4n) is 2.66. The van der Waals surface area contributed by atoms with Crippen molar-refractivity contribution in [1.29, 1.82) is 0 Å². The summed E-state index contributed by atoms with van der Waals surface area (Å²) in [6, 6.07) is 14.4. The number of rotatable bonds is 10. The third kappa shape index (κ3) is 9.56. The number of phosphoric acid groups is 1. The molecule has 0 aliphatic rings. The van der Waals surface area contributed by atoms with Crippen LogP contribution in [0, 0.1) is 0 Å². The van der Waals surface area contributed by atoms with Crippen molar-refractivity contribution in [2.24, 2.45) is 0 Å². The lowest BCUT2D eigenvalue weighted by Gasteiger charge is -2.30. The van der Waals surface area contributed by atoms with Crippen molar-refractivity contribution in [3.05, 3.63) is 59.7 Å². The molecule has 0 aromatic heterocycles. The standard InChI is InChI=1S/C24H34NO7P/c1-23(2,3)31-33(27,32-24(4,5)6)30-17-29-20-14-13-19(22(26)25-7)15-21(20)28-16-18-11-9-8-10-12-18/h8-15H,16-17H2,1-7H3,(H,25,26). The predicted molar refractivity (Wildman–Crippen MR) is 126 cm³/mol. The molecule has 0 saturated heterocycles. The van der Waals surface area contributed by atoms with E-state index >= 15 is 0 Å². The Kier molecular flexibility index (Phi) is 9.09. The number of nitrogens with one attached hydrogen (secondary N) is 1. The van der Waals surface area contributed by atoms with Gasteiger partial charge in [-0.05, 0) is 65.3 Å². The molecule has 0 fully saturated rings. The van der Waals surface area contributed by atoms with E-state index in [1.165, 1.54) is 0 Å². The summed E-state index contributed by atoms with van der Waals surface area (Å²) in [6.07, 6.45) is 0. The van der Waals surface area contributed by atoms with Gasteiger partial charge in [-0.3, -0.25) is 13.8 Å². The van der Waals surface area contributed by atoms with Crippen molar-refractivity contribution in [2.45, 2.75) is 59.4 Å². The maximum absolute atomic E-state index is 13.2. The van der Waals surface area contributed by atoms with Gasteiger partial charge in [-0.2, -0.15) is 0 Å². The molecular formula is C24H34NO7P. The van der Waals surface area contributed by atoms with Gasteiger partial charge < -0.3 is 14.8 Å². The number of amides is 1. The SMILES string of the molecule is CNC(=O)c1ccc(OCOP(=O)(OC(C)(C)C)OC(C)(C)C)c(OCc2ccccc2)c1. The van der Waals surface area contributed by atoms with Gasteiger partial charge in [0.1, 0.15) is 6.61 Å². The topological polar surface area (TPSA) is 92.3 Å². The highest BCUT2D eigenvalue weighted by Crippen LogP contribution is 2.55. The fourth-order valence-corrected chi connectivity index (χ4v) is 4.32. The highest BCUT2D eigenvalue weighted by molar-refractivity contribution is 7.48. The summed E-state index contributed by atoms with van der Waals surface area (Å²) >= 11 is 0. The number of benzene rings is 2. The quantitative estimate of drug-likeness (QED) is 0.344. The zero-order valence-corrected chi connectivity index (χ0v) is 21.2. The first-order chi connectivity index (χ1) is 15.3. The molecule has 182 valence electrons. The lowest BCUT2D eigenvalue weighted by Crippen LogP contribution is -2.25. The van der Waals surface area contributed by atoms with Crippen LogP contribution in [-0.4, -0.2) is 30.9 Å². The Labute approximate surface area is 196 Å². The molecular weight excluding hydrogens is 445 g/mol. The van der Waals surface area contributed by atoms with Crippen LogP contribution in [-0.2, 0) is 24.7 Å². The first-order valence-electron chi connectivity index (χ1n) is 10.6. The van der Waals surface area contributed by atoms with Gasteiger partial charge in [0, 0.05) is 12.6 Å². The Balaban J connectivity index is 2.18. The zero-order valence-electron chi connectivity index (χ0n) is 20.3. The number of carbonyl (C=O) groups excluding carboxylic acids is 1.